The van der Waals surface area contributed by atoms with Crippen LogP contribution in [-0.4, -0.2) is 12.5 Å². The van der Waals surface area contributed by atoms with E-state index in [1.165, 1.54) is 5.56 Å². The highest BCUT2D eigenvalue weighted by Crippen LogP contribution is 2.25. The molecule has 0 spiro atoms. The number of hydrogen-bond acceptors (Lipinski definition) is 1. The molecule has 2 nitrogen and oxygen atoms in total. The van der Waals surface area contributed by atoms with Crippen molar-refractivity contribution in [1.29, 1.82) is 0 Å². The summed E-state index contributed by atoms with van der Waals surface area (Å²) in [5.74, 6) is 0.253. The molecule has 0 atom stereocenters. The van der Waals surface area contributed by atoms with Gasteiger partial charge in [-0.25, -0.2) is 0 Å². The van der Waals surface area contributed by atoms with E-state index in [1.54, 1.807) is 0 Å². The summed E-state index contributed by atoms with van der Waals surface area (Å²) < 4.78 is 1.09. The van der Waals surface area contributed by atoms with E-state index in [0.29, 0.717) is 6.42 Å². The van der Waals surface area contributed by atoms with Gasteiger partial charge in [-0.15, -0.1) is 0 Å². The number of anilines is 1. The lowest BCUT2D eigenvalue weighted by molar-refractivity contribution is -0.119. The minimum absolute atomic E-state index is 0.253. The second-order valence-electron chi connectivity index (χ2n) is 3.94. The Balaban J connectivity index is 2.28. The monoisotopic (exact) mass is 267 g/mol. The number of carbonyl (C=O) groups excluding carboxylic acids is 1. The highest BCUT2D eigenvalue weighted by atomic mass is 79.9. The Labute approximate surface area is 98.4 Å². The van der Waals surface area contributed by atoms with Crippen LogP contribution in [0.4, 0.5) is 5.69 Å². The molecule has 1 fully saturated rings. The van der Waals surface area contributed by atoms with Gasteiger partial charge in [0, 0.05) is 23.1 Å². The van der Waals surface area contributed by atoms with Crippen LogP contribution in [0.2, 0.25) is 0 Å². The van der Waals surface area contributed by atoms with E-state index in [0.717, 1.165) is 29.5 Å². The van der Waals surface area contributed by atoms with Crippen LogP contribution in [0.25, 0.3) is 0 Å². The number of carbonyl (C=O) groups is 1. The first kappa shape index (κ1) is 10.7. The van der Waals surface area contributed by atoms with E-state index < -0.39 is 0 Å². The number of nitrogens with zero attached hydrogens (tertiary/aromatic N) is 1. The molecule has 1 heterocycles. The van der Waals surface area contributed by atoms with Crippen molar-refractivity contribution in [2.24, 2.45) is 0 Å². The molecule has 1 saturated heterocycles. The second-order valence-corrected chi connectivity index (χ2v) is 4.79. The molecule has 0 unspecified atom stereocenters. The van der Waals surface area contributed by atoms with Crippen LogP contribution in [0, 0.1) is 6.92 Å². The van der Waals surface area contributed by atoms with E-state index >= 15 is 0 Å². The average Bonchev–Trinajstić information content (AvgIpc) is 2.23. The third-order valence-corrected chi connectivity index (χ3v) is 3.67. The smallest absolute Gasteiger partial charge is 0.226 e. The first-order valence-electron chi connectivity index (χ1n) is 5.25. The predicted molar refractivity (Wildman–Crippen MR) is 65.1 cm³/mol. The van der Waals surface area contributed by atoms with E-state index in [4.69, 9.17) is 0 Å². The van der Waals surface area contributed by atoms with Crippen LogP contribution in [0.1, 0.15) is 24.8 Å². The van der Waals surface area contributed by atoms with Gasteiger partial charge in [-0.05, 0) is 43.5 Å². The van der Waals surface area contributed by atoms with E-state index in [9.17, 15) is 4.79 Å². The fourth-order valence-corrected chi connectivity index (χ4v) is 2.12. The van der Waals surface area contributed by atoms with Gasteiger partial charge < -0.3 is 4.90 Å². The van der Waals surface area contributed by atoms with Gasteiger partial charge in [0.15, 0.2) is 0 Å². The molecule has 2 rings (SSSR count). The quantitative estimate of drug-likeness (QED) is 0.765. The Morgan fingerprint density at radius 3 is 2.80 bits per heavy atom. The molecule has 80 valence electrons. The molecule has 3 heteroatoms. The van der Waals surface area contributed by atoms with Crippen LogP contribution in [0.5, 0.6) is 0 Å². The van der Waals surface area contributed by atoms with Gasteiger partial charge in [0.05, 0.1) is 0 Å². The lowest BCUT2D eigenvalue weighted by atomic mass is 10.1. The Kier molecular flexibility index (Phi) is 3.10. The number of piperidine rings is 1. The first-order chi connectivity index (χ1) is 7.18. The minimum Gasteiger partial charge on any atom is -0.312 e. The molecule has 15 heavy (non-hydrogen) atoms. The van der Waals surface area contributed by atoms with Gasteiger partial charge in [-0.3, -0.25) is 4.79 Å². The molecule has 0 saturated carbocycles. The molecule has 1 amide bonds. The van der Waals surface area contributed by atoms with Gasteiger partial charge in [-0.1, -0.05) is 15.9 Å². The van der Waals surface area contributed by atoms with Crippen LogP contribution in [-0.2, 0) is 4.79 Å². The highest BCUT2D eigenvalue weighted by molar-refractivity contribution is 9.10. The number of benzene rings is 1. The van der Waals surface area contributed by atoms with E-state index in [1.807, 2.05) is 24.0 Å². The molecular weight excluding hydrogens is 254 g/mol. The SMILES string of the molecule is Cc1cc(N2CCCCC2=O)ccc1Br. The summed E-state index contributed by atoms with van der Waals surface area (Å²) in [5.41, 5.74) is 2.20. The first-order valence-corrected chi connectivity index (χ1v) is 6.04. The van der Waals surface area contributed by atoms with Crippen LogP contribution in [0.3, 0.4) is 0 Å². The molecule has 0 N–H and O–H groups in total. The lowest BCUT2D eigenvalue weighted by Gasteiger charge is -2.27. The van der Waals surface area contributed by atoms with Crippen molar-refractivity contribution in [3.8, 4) is 0 Å². The summed E-state index contributed by atoms with van der Waals surface area (Å²) in [5, 5.41) is 0. The van der Waals surface area contributed by atoms with Crippen molar-refractivity contribution in [1.82, 2.24) is 0 Å². The standard InChI is InChI=1S/C12H14BrNO/c1-9-8-10(5-6-11(9)13)14-7-3-2-4-12(14)15/h5-6,8H,2-4,7H2,1H3. The Morgan fingerprint density at radius 1 is 1.33 bits per heavy atom. The second kappa shape index (κ2) is 4.35. The summed E-state index contributed by atoms with van der Waals surface area (Å²) in [7, 11) is 0. The zero-order chi connectivity index (χ0) is 10.8. The number of halogens is 1. The predicted octanol–water partition coefficient (Wildman–Crippen LogP) is 3.27. The van der Waals surface area contributed by atoms with Crippen molar-refractivity contribution in [3.63, 3.8) is 0 Å². The third kappa shape index (κ3) is 2.23. The molecule has 0 radical (unpaired) electrons. The zero-order valence-electron chi connectivity index (χ0n) is 8.79. The fraction of sp³-hybridized carbons (Fsp3) is 0.417. The van der Waals surface area contributed by atoms with Crippen molar-refractivity contribution in [3.05, 3.63) is 28.2 Å². The molecule has 0 aromatic heterocycles. The molecule has 1 aromatic rings. The van der Waals surface area contributed by atoms with Gasteiger partial charge in [0.2, 0.25) is 5.91 Å². The van der Waals surface area contributed by atoms with Crippen LogP contribution in [0.15, 0.2) is 22.7 Å². The van der Waals surface area contributed by atoms with Crippen molar-refractivity contribution < 1.29 is 4.79 Å². The van der Waals surface area contributed by atoms with Crippen molar-refractivity contribution in [2.75, 3.05) is 11.4 Å². The van der Waals surface area contributed by atoms with Crippen LogP contribution < -0.4 is 4.90 Å². The number of rotatable bonds is 1. The van der Waals surface area contributed by atoms with Crippen LogP contribution >= 0.6 is 15.9 Å². The van der Waals surface area contributed by atoms with E-state index in [2.05, 4.69) is 22.0 Å². The maximum atomic E-state index is 11.7. The molecule has 1 aliphatic rings. The summed E-state index contributed by atoms with van der Waals surface area (Å²) in [6.07, 6.45) is 2.83. The molecule has 0 aliphatic carbocycles. The topological polar surface area (TPSA) is 20.3 Å². The number of hydrogen-bond donors (Lipinski definition) is 0. The third-order valence-electron chi connectivity index (χ3n) is 2.78. The maximum absolute atomic E-state index is 11.7. The van der Waals surface area contributed by atoms with Gasteiger partial charge >= 0.3 is 0 Å². The van der Waals surface area contributed by atoms with Gasteiger partial charge in [-0.2, -0.15) is 0 Å². The van der Waals surface area contributed by atoms with E-state index in [-0.39, 0.29) is 5.91 Å². The summed E-state index contributed by atoms with van der Waals surface area (Å²) in [4.78, 5) is 13.6. The Bertz CT molecular complexity index is 389. The maximum Gasteiger partial charge on any atom is 0.226 e. The molecule has 1 aliphatic heterocycles. The minimum atomic E-state index is 0.253. The lowest BCUT2D eigenvalue weighted by Crippen LogP contribution is -2.35. The fourth-order valence-electron chi connectivity index (χ4n) is 1.88. The van der Waals surface area contributed by atoms with Gasteiger partial charge in [0.25, 0.3) is 0 Å². The van der Waals surface area contributed by atoms with Gasteiger partial charge in [0.1, 0.15) is 0 Å². The number of aryl methyl sites for hydroxylation is 1. The largest absolute Gasteiger partial charge is 0.312 e. The molecule has 1 aromatic carbocycles. The normalized spacial score (nSPS) is 16.9. The zero-order valence-corrected chi connectivity index (χ0v) is 10.4. The van der Waals surface area contributed by atoms with Crippen molar-refractivity contribution >= 4 is 27.5 Å². The number of amides is 1. The average molecular weight is 268 g/mol. The Morgan fingerprint density at radius 2 is 2.13 bits per heavy atom. The van der Waals surface area contributed by atoms with Crippen molar-refractivity contribution in [2.45, 2.75) is 26.2 Å². The molecular formula is C12H14BrNO. The summed E-state index contributed by atoms with van der Waals surface area (Å²) >= 11 is 3.47. The Hall–Kier alpha value is -0.830. The summed E-state index contributed by atoms with van der Waals surface area (Å²) in [6, 6.07) is 6.07. The molecule has 0 bridgehead atoms. The summed E-state index contributed by atoms with van der Waals surface area (Å²) in [6.45, 7) is 2.90. The highest BCUT2D eigenvalue weighted by Gasteiger charge is 2.19.